The fraction of sp³-hybridized carbons (Fsp3) is 0.242. The molecule has 3 aromatic heterocycles. The molecule has 0 aliphatic heterocycles. The van der Waals surface area contributed by atoms with E-state index in [9.17, 15) is 5.11 Å². The standard InChI is InChI=1S/C33H35N7O4/c1-21(41)25-16-29(31(35-17-25)38-26-10-15-30(44-5)34-18-26)32-36-22(2)37-33(39-32)40(19-23-6-11-27(42-3)12-7-23)20-24-8-13-28(43-4)14-9-24/h6-18,21,41H,19-20H2,1-5H3,(H,35,38). The summed E-state index contributed by atoms with van der Waals surface area (Å²) in [6, 6.07) is 21.3. The van der Waals surface area contributed by atoms with E-state index in [1.54, 1.807) is 46.7 Å². The van der Waals surface area contributed by atoms with Crippen LogP contribution in [0.15, 0.2) is 79.1 Å². The zero-order valence-electron chi connectivity index (χ0n) is 25.4. The molecule has 1 unspecified atom stereocenters. The molecule has 0 fully saturated rings. The molecule has 11 nitrogen and oxygen atoms in total. The Morgan fingerprint density at radius 1 is 0.773 bits per heavy atom. The molecule has 3 heterocycles. The number of ether oxygens (including phenoxy) is 3. The first kappa shape index (κ1) is 30.2. The van der Waals surface area contributed by atoms with Gasteiger partial charge in [-0.3, -0.25) is 0 Å². The predicted molar refractivity (Wildman–Crippen MR) is 168 cm³/mol. The molecule has 1 atom stereocenters. The van der Waals surface area contributed by atoms with Gasteiger partial charge < -0.3 is 29.5 Å². The van der Waals surface area contributed by atoms with Gasteiger partial charge in [0.2, 0.25) is 11.8 Å². The Morgan fingerprint density at radius 2 is 1.41 bits per heavy atom. The third-order valence-corrected chi connectivity index (χ3v) is 6.92. The molecule has 0 bridgehead atoms. The van der Waals surface area contributed by atoms with Gasteiger partial charge in [-0.05, 0) is 66.9 Å². The SMILES string of the molecule is COc1ccc(CN(Cc2ccc(OC)cc2)c2nc(C)nc(-c3cc(C(C)O)cnc3Nc3ccc(OC)nc3)n2)cc1. The molecule has 5 aromatic rings. The molecule has 5 rings (SSSR count). The molecule has 44 heavy (non-hydrogen) atoms. The van der Waals surface area contributed by atoms with E-state index in [-0.39, 0.29) is 0 Å². The molecule has 11 heteroatoms. The summed E-state index contributed by atoms with van der Waals surface area (Å²) in [5.41, 5.74) is 4.07. The van der Waals surface area contributed by atoms with Crippen molar-refractivity contribution in [3.8, 4) is 28.8 Å². The van der Waals surface area contributed by atoms with Crippen molar-refractivity contribution >= 4 is 17.5 Å². The van der Waals surface area contributed by atoms with E-state index in [0.717, 1.165) is 22.6 Å². The normalized spacial score (nSPS) is 11.5. The molecular weight excluding hydrogens is 558 g/mol. The fourth-order valence-electron chi connectivity index (χ4n) is 4.52. The average molecular weight is 594 g/mol. The first-order valence-corrected chi connectivity index (χ1v) is 14.0. The monoisotopic (exact) mass is 593 g/mol. The zero-order valence-corrected chi connectivity index (χ0v) is 25.4. The van der Waals surface area contributed by atoms with Crippen LogP contribution < -0.4 is 24.4 Å². The Kier molecular flexibility index (Phi) is 9.46. The lowest BCUT2D eigenvalue weighted by Crippen LogP contribution is -2.25. The second-order valence-corrected chi connectivity index (χ2v) is 10.1. The largest absolute Gasteiger partial charge is 0.497 e. The molecule has 0 amide bonds. The molecular formula is C33H35N7O4. The number of aliphatic hydroxyl groups is 1. The van der Waals surface area contributed by atoms with Crippen LogP contribution in [0.4, 0.5) is 17.5 Å². The number of methoxy groups -OCH3 is 3. The number of hydrogen-bond acceptors (Lipinski definition) is 11. The van der Waals surface area contributed by atoms with Crippen molar-refractivity contribution in [3.05, 3.63) is 102 Å². The van der Waals surface area contributed by atoms with Crippen LogP contribution in [-0.2, 0) is 13.1 Å². The summed E-state index contributed by atoms with van der Waals surface area (Å²) in [7, 11) is 4.86. The summed E-state index contributed by atoms with van der Waals surface area (Å²) >= 11 is 0. The maximum Gasteiger partial charge on any atom is 0.229 e. The summed E-state index contributed by atoms with van der Waals surface area (Å²) in [5, 5.41) is 13.7. The Bertz CT molecular complexity index is 1630. The van der Waals surface area contributed by atoms with Gasteiger partial charge in [-0.15, -0.1) is 0 Å². The minimum Gasteiger partial charge on any atom is -0.497 e. The topological polar surface area (TPSA) is 128 Å². The lowest BCUT2D eigenvalue weighted by molar-refractivity contribution is 0.199. The Balaban J connectivity index is 1.56. The molecule has 226 valence electrons. The highest BCUT2D eigenvalue weighted by molar-refractivity contribution is 5.75. The fourth-order valence-corrected chi connectivity index (χ4v) is 4.52. The van der Waals surface area contributed by atoms with Gasteiger partial charge in [0.25, 0.3) is 0 Å². The lowest BCUT2D eigenvalue weighted by Gasteiger charge is -2.24. The maximum atomic E-state index is 10.4. The zero-order chi connectivity index (χ0) is 31.1. The minimum atomic E-state index is -0.734. The number of pyridine rings is 2. The molecule has 2 aromatic carbocycles. The Morgan fingerprint density at radius 3 is 1.93 bits per heavy atom. The molecule has 0 spiro atoms. The van der Waals surface area contributed by atoms with E-state index in [1.165, 1.54) is 0 Å². The number of hydrogen-bond donors (Lipinski definition) is 2. The number of aryl methyl sites for hydroxylation is 1. The number of anilines is 3. The van der Waals surface area contributed by atoms with E-state index in [4.69, 9.17) is 29.2 Å². The summed E-state index contributed by atoms with van der Waals surface area (Å²) in [5.74, 6) is 4.03. The van der Waals surface area contributed by atoms with Gasteiger partial charge in [-0.25, -0.2) is 15.0 Å². The van der Waals surface area contributed by atoms with Crippen molar-refractivity contribution in [2.75, 3.05) is 31.5 Å². The van der Waals surface area contributed by atoms with Crippen LogP contribution in [0.2, 0.25) is 0 Å². The smallest absolute Gasteiger partial charge is 0.229 e. The summed E-state index contributed by atoms with van der Waals surface area (Å²) in [4.78, 5) is 25.4. The number of nitrogens with one attached hydrogen (secondary N) is 1. The van der Waals surface area contributed by atoms with E-state index >= 15 is 0 Å². The summed E-state index contributed by atoms with van der Waals surface area (Å²) in [6.07, 6.45) is 2.55. The van der Waals surface area contributed by atoms with Gasteiger partial charge in [0.1, 0.15) is 23.1 Å². The van der Waals surface area contributed by atoms with Crippen molar-refractivity contribution in [2.45, 2.75) is 33.0 Å². The first-order valence-electron chi connectivity index (χ1n) is 14.0. The summed E-state index contributed by atoms with van der Waals surface area (Å²) < 4.78 is 15.9. The molecule has 0 aliphatic rings. The maximum absolute atomic E-state index is 10.4. The minimum absolute atomic E-state index is 0.418. The average Bonchev–Trinajstić information content (AvgIpc) is 3.05. The van der Waals surface area contributed by atoms with Gasteiger partial charge in [0, 0.05) is 25.4 Å². The number of aliphatic hydroxyl groups excluding tert-OH is 1. The first-order chi connectivity index (χ1) is 21.3. The van der Waals surface area contributed by atoms with Crippen LogP contribution in [0.1, 0.15) is 35.5 Å². The van der Waals surface area contributed by atoms with Crippen LogP contribution >= 0.6 is 0 Å². The highest BCUT2D eigenvalue weighted by atomic mass is 16.5. The quantitative estimate of drug-likeness (QED) is 0.186. The molecule has 0 aliphatic carbocycles. The van der Waals surface area contributed by atoms with Gasteiger partial charge in [-0.2, -0.15) is 9.97 Å². The van der Waals surface area contributed by atoms with Crippen LogP contribution in [0.5, 0.6) is 17.4 Å². The van der Waals surface area contributed by atoms with Crippen LogP contribution in [0.3, 0.4) is 0 Å². The van der Waals surface area contributed by atoms with Crippen LogP contribution in [0.25, 0.3) is 11.4 Å². The number of benzene rings is 2. The Hall–Kier alpha value is -5.29. The van der Waals surface area contributed by atoms with Crippen molar-refractivity contribution in [1.82, 2.24) is 24.9 Å². The van der Waals surface area contributed by atoms with Gasteiger partial charge in [0.05, 0.1) is 44.9 Å². The van der Waals surface area contributed by atoms with Crippen molar-refractivity contribution in [1.29, 1.82) is 0 Å². The van der Waals surface area contributed by atoms with E-state index in [2.05, 4.69) is 20.2 Å². The van der Waals surface area contributed by atoms with E-state index in [0.29, 0.717) is 59.2 Å². The highest BCUT2D eigenvalue weighted by Gasteiger charge is 2.19. The third kappa shape index (κ3) is 7.37. The number of nitrogens with zero attached hydrogens (tertiary/aromatic N) is 6. The van der Waals surface area contributed by atoms with Gasteiger partial charge >= 0.3 is 0 Å². The summed E-state index contributed by atoms with van der Waals surface area (Å²) in [6.45, 7) is 4.60. The van der Waals surface area contributed by atoms with E-state index < -0.39 is 6.10 Å². The highest BCUT2D eigenvalue weighted by Crippen LogP contribution is 2.31. The lowest BCUT2D eigenvalue weighted by atomic mass is 10.1. The Labute approximate surface area is 256 Å². The van der Waals surface area contributed by atoms with Crippen LogP contribution in [-0.4, -0.2) is 51.4 Å². The molecule has 0 saturated heterocycles. The van der Waals surface area contributed by atoms with Crippen molar-refractivity contribution in [2.24, 2.45) is 0 Å². The van der Waals surface area contributed by atoms with Crippen molar-refractivity contribution in [3.63, 3.8) is 0 Å². The molecule has 0 saturated carbocycles. The third-order valence-electron chi connectivity index (χ3n) is 6.92. The van der Waals surface area contributed by atoms with Crippen molar-refractivity contribution < 1.29 is 19.3 Å². The predicted octanol–water partition coefficient (Wildman–Crippen LogP) is 5.67. The number of rotatable bonds is 12. The molecule has 0 radical (unpaired) electrons. The van der Waals surface area contributed by atoms with E-state index in [1.807, 2.05) is 67.6 Å². The second kappa shape index (κ2) is 13.8. The molecule has 2 N–H and O–H groups in total. The van der Waals surface area contributed by atoms with Gasteiger partial charge in [0.15, 0.2) is 5.82 Å². The second-order valence-electron chi connectivity index (χ2n) is 10.1. The van der Waals surface area contributed by atoms with Gasteiger partial charge in [-0.1, -0.05) is 24.3 Å². The van der Waals surface area contributed by atoms with Crippen LogP contribution in [0, 0.1) is 6.92 Å². The number of aromatic nitrogens is 5.